The summed E-state index contributed by atoms with van der Waals surface area (Å²) in [6.45, 7) is 0. The van der Waals surface area contributed by atoms with Gasteiger partial charge in [0.05, 0.1) is 0 Å². The molecule has 0 aliphatic rings. The van der Waals surface area contributed by atoms with E-state index in [2.05, 4.69) is 18.2 Å². The van der Waals surface area contributed by atoms with Crippen LogP contribution >= 0.6 is 11.6 Å². The summed E-state index contributed by atoms with van der Waals surface area (Å²) in [5, 5.41) is 2.98. The number of fused-ring (bicyclic) bond motifs is 1. The third-order valence-corrected chi connectivity index (χ3v) is 3.33. The summed E-state index contributed by atoms with van der Waals surface area (Å²) in [6, 6.07) is 20.0. The van der Waals surface area contributed by atoms with Crippen LogP contribution in [0.25, 0.3) is 21.9 Å². The topological polar surface area (TPSA) is 26.0 Å². The Balaban J connectivity index is 2.33. The number of rotatable bonds is 1. The standard InChI is InChI=1S/C16H12ClN/c17-12-5-1-4-11(10-12)13-6-2-8-15-14(13)7-3-9-16(15)18/h1-10H,18H2. The number of nitrogens with two attached hydrogens (primary N) is 1. The first-order valence-electron chi connectivity index (χ1n) is 5.79. The van der Waals surface area contributed by atoms with E-state index in [1.807, 2.05) is 42.5 Å². The molecule has 0 atom stereocenters. The lowest BCUT2D eigenvalue weighted by Gasteiger charge is -2.08. The fraction of sp³-hybridized carbons (Fsp3) is 0. The summed E-state index contributed by atoms with van der Waals surface area (Å²) in [6.07, 6.45) is 0. The first-order valence-corrected chi connectivity index (χ1v) is 6.17. The molecule has 3 aromatic carbocycles. The maximum atomic E-state index is 6.05. The second-order valence-corrected chi connectivity index (χ2v) is 4.69. The molecule has 0 spiro atoms. The van der Waals surface area contributed by atoms with E-state index < -0.39 is 0 Å². The van der Waals surface area contributed by atoms with Gasteiger partial charge in [-0.2, -0.15) is 0 Å². The van der Waals surface area contributed by atoms with Crippen molar-refractivity contribution in [2.75, 3.05) is 5.73 Å². The van der Waals surface area contributed by atoms with Gasteiger partial charge in [0.25, 0.3) is 0 Å². The first kappa shape index (κ1) is 11.1. The lowest BCUT2D eigenvalue weighted by atomic mass is 9.97. The summed E-state index contributed by atoms with van der Waals surface area (Å²) < 4.78 is 0. The van der Waals surface area contributed by atoms with Crippen LogP contribution in [-0.2, 0) is 0 Å². The number of anilines is 1. The SMILES string of the molecule is Nc1cccc2c(-c3cccc(Cl)c3)cccc12. The van der Waals surface area contributed by atoms with Crippen molar-refractivity contribution in [2.24, 2.45) is 0 Å². The zero-order valence-electron chi connectivity index (χ0n) is 9.73. The molecule has 3 aromatic rings. The van der Waals surface area contributed by atoms with Gasteiger partial charge in [-0.05, 0) is 34.7 Å². The molecule has 0 saturated heterocycles. The van der Waals surface area contributed by atoms with Crippen molar-refractivity contribution in [2.45, 2.75) is 0 Å². The highest BCUT2D eigenvalue weighted by Crippen LogP contribution is 2.32. The Hall–Kier alpha value is -1.99. The maximum Gasteiger partial charge on any atom is 0.0412 e. The van der Waals surface area contributed by atoms with E-state index in [4.69, 9.17) is 17.3 Å². The Morgan fingerprint density at radius 3 is 2.33 bits per heavy atom. The Kier molecular flexibility index (Phi) is 2.69. The predicted octanol–water partition coefficient (Wildman–Crippen LogP) is 4.74. The highest BCUT2D eigenvalue weighted by atomic mass is 35.5. The molecule has 0 aromatic heterocycles. The van der Waals surface area contributed by atoms with E-state index in [9.17, 15) is 0 Å². The molecule has 0 radical (unpaired) electrons. The van der Waals surface area contributed by atoms with Crippen molar-refractivity contribution < 1.29 is 0 Å². The Labute approximate surface area is 111 Å². The van der Waals surface area contributed by atoms with Gasteiger partial charge < -0.3 is 5.73 Å². The molecule has 3 rings (SSSR count). The maximum absolute atomic E-state index is 6.05. The summed E-state index contributed by atoms with van der Waals surface area (Å²) in [7, 11) is 0. The molecular weight excluding hydrogens is 242 g/mol. The molecule has 2 heteroatoms. The summed E-state index contributed by atoms with van der Waals surface area (Å²) in [5.41, 5.74) is 9.07. The average Bonchev–Trinajstić information content (AvgIpc) is 2.39. The molecule has 0 aliphatic heterocycles. The monoisotopic (exact) mass is 253 g/mol. The molecule has 0 aliphatic carbocycles. The predicted molar refractivity (Wildman–Crippen MR) is 78.8 cm³/mol. The van der Waals surface area contributed by atoms with Crippen LogP contribution in [0.3, 0.4) is 0 Å². The van der Waals surface area contributed by atoms with Gasteiger partial charge in [0.1, 0.15) is 0 Å². The number of hydrogen-bond acceptors (Lipinski definition) is 1. The summed E-state index contributed by atoms with van der Waals surface area (Å²) in [5.74, 6) is 0. The quantitative estimate of drug-likeness (QED) is 0.623. The normalized spacial score (nSPS) is 10.7. The highest BCUT2D eigenvalue weighted by Gasteiger charge is 2.05. The second-order valence-electron chi connectivity index (χ2n) is 4.26. The van der Waals surface area contributed by atoms with Crippen LogP contribution in [-0.4, -0.2) is 0 Å². The van der Waals surface area contributed by atoms with Gasteiger partial charge in [0.15, 0.2) is 0 Å². The molecule has 0 heterocycles. The van der Waals surface area contributed by atoms with E-state index in [1.165, 1.54) is 0 Å². The summed E-state index contributed by atoms with van der Waals surface area (Å²) in [4.78, 5) is 0. The van der Waals surface area contributed by atoms with Crippen molar-refractivity contribution in [3.05, 3.63) is 65.7 Å². The number of nitrogen functional groups attached to an aromatic ring is 1. The van der Waals surface area contributed by atoms with Crippen molar-refractivity contribution in [3.8, 4) is 11.1 Å². The molecule has 0 fully saturated rings. The zero-order valence-corrected chi connectivity index (χ0v) is 10.5. The van der Waals surface area contributed by atoms with Crippen LogP contribution in [0.2, 0.25) is 5.02 Å². The Morgan fingerprint density at radius 2 is 1.50 bits per heavy atom. The number of benzene rings is 3. The third-order valence-electron chi connectivity index (χ3n) is 3.09. The van der Waals surface area contributed by atoms with Crippen molar-refractivity contribution in [3.63, 3.8) is 0 Å². The van der Waals surface area contributed by atoms with Crippen LogP contribution in [0, 0.1) is 0 Å². The highest BCUT2D eigenvalue weighted by molar-refractivity contribution is 6.30. The molecule has 0 unspecified atom stereocenters. The molecule has 88 valence electrons. The molecule has 0 bridgehead atoms. The van der Waals surface area contributed by atoms with E-state index in [1.54, 1.807) is 0 Å². The molecule has 0 amide bonds. The lowest BCUT2D eigenvalue weighted by molar-refractivity contribution is 1.65. The Bertz CT molecular complexity index is 719. The minimum Gasteiger partial charge on any atom is -0.398 e. The fourth-order valence-corrected chi connectivity index (χ4v) is 2.43. The summed E-state index contributed by atoms with van der Waals surface area (Å²) >= 11 is 6.05. The van der Waals surface area contributed by atoms with E-state index in [-0.39, 0.29) is 0 Å². The van der Waals surface area contributed by atoms with Crippen LogP contribution in [0.4, 0.5) is 5.69 Å². The molecule has 18 heavy (non-hydrogen) atoms. The van der Waals surface area contributed by atoms with Gasteiger partial charge in [-0.1, -0.05) is 54.1 Å². The van der Waals surface area contributed by atoms with Crippen molar-refractivity contribution >= 4 is 28.1 Å². The van der Waals surface area contributed by atoms with Crippen LogP contribution in [0.15, 0.2) is 60.7 Å². The third kappa shape index (κ3) is 1.83. The van der Waals surface area contributed by atoms with Gasteiger partial charge in [-0.3, -0.25) is 0 Å². The van der Waals surface area contributed by atoms with E-state index in [0.29, 0.717) is 0 Å². The molecule has 0 saturated carbocycles. The zero-order chi connectivity index (χ0) is 12.5. The van der Waals surface area contributed by atoms with Gasteiger partial charge in [-0.25, -0.2) is 0 Å². The van der Waals surface area contributed by atoms with Gasteiger partial charge in [0.2, 0.25) is 0 Å². The first-order chi connectivity index (χ1) is 8.75. The number of halogens is 1. The Morgan fingerprint density at radius 1 is 0.778 bits per heavy atom. The van der Waals surface area contributed by atoms with Crippen molar-refractivity contribution in [1.29, 1.82) is 0 Å². The average molecular weight is 254 g/mol. The van der Waals surface area contributed by atoms with E-state index in [0.717, 1.165) is 32.6 Å². The minimum absolute atomic E-state index is 0.744. The van der Waals surface area contributed by atoms with E-state index >= 15 is 0 Å². The molecule has 1 nitrogen and oxygen atoms in total. The minimum atomic E-state index is 0.744. The smallest absolute Gasteiger partial charge is 0.0412 e. The molecule has 2 N–H and O–H groups in total. The van der Waals surface area contributed by atoms with Crippen LogP contribution in [0.5, 0.6) is 0 Å². The van der Waals surface area contributed by atoms with Gasteiger partial charge in [0, 0.05) is 16.1 Å². The fourth-order valence-electron chi connectivity index (χ4n) is 2.24. The lowest BCUT2D eigenvalue weighted by Crippen LogP contribution is -1.88. The van der Waals surface area contributed by atoms with Gasteiger partial charge in [-0.15, -0.1) is 0 Å². The largest absolute Gasteiger partial charge is 0.398 e. The van der Waals surface area contributed by atoms with Crippen LogP contribution in [0.1, 0.15) is 0 Å². The molecular formula is C16H12ClN. The van der Waals surface area contributed by atoms with Crippen LogP contribution < -0.4 is 5.73 Å². The van der Waals surface area contributed by atoms with Gasteiger partial charge >= 0.3 is 0 Å². The van der Waals surface area contributed by atoms with Crippen molar-refractivity contribution in [1.82, 2.24) is 0 Å². The second kappa shape index (κ2) is 4.35. The number of hydrogen-bond donors (Lipinski definition) is 1.